The maximum atomic E-state index is 12.0. The van der Waals surface area contributed by atoms with Crippen LogP contribution >= 0.6 is 11.5 Å². The van der Waals surface area contributed by atoms with Crippen LogP contribution in [0.2, 0.25) is 0 Å². The Morgan fingerprint density at radius 2 is 1.88 bits per heavy atom. The number of carbonyl (C=O) groups excluding carboxylic acids is 1. The molecule has 0 spiro atoms. The molecule has 3 aliphatic heterocycles. The van der Waals surface area contributed by atoms with Crippen molar-refractivity contribution in [3.63, 3.8) is 0 Å². The van der Waals surface area contributed by atoms with Gasteiger partial charge in [-0.15, -0.1) is 0 Å². The van der Waals surface area contributed by atoms with Gasteiger partial charge in [0.15, 0.2) is 4.83 Å². The van der Waals surface area contributed by atoms with E-state index in [9.17, 15) is 4.79 Å². The first-order valence-corrected chi connectivity index (χ1v) is 15.2. The number of nitrogens with one attached hydrogen (secondary N) is 2. The van der Waals surface area contributed by atoms with Crippen LogP contribution in [-0.4, -0.2) is 97.6 Å². The van der Waals surface area contributed by atoms with Gasteiger partial charge in [-0.05, 0) is 63.4 Å². The quantitative estimate of drug-likeness (QED) is 0.453. The lowest BCUT2D eigenvalue weighted by Gasteiger charge is -2.41. The van der Waals surface area contributed by atoms with Gasteiger partial charge >= 0.3 is 6.09 Å². The molecule has 214 valence electrons. The molecule has 1 aliphatic carbocycles. The third kappa shape index (κ3) is 4.88. The summed E-state index contributed by atoms with van der Waals surface area (Å²) in [5.74, 6) is 1.41. The fourth-order valence-electron chi connectivity index (χ4n) is 7.06. The van der Waals surface area contributed by atoms with Crippen molar-refractivity contribution in [2.75, 3.05) is 44.0 Å². The second-order valence-electron chi connectivity index (χ2n) is 11.5. The summed E-state index contributed by atoms with van der Waals surface area (Å²) in [6, 6.07) is 2.05. The molecule has 6 heterocycles. The number of rotatable bonds is 6. The highest BCUT2D eigenvalue weighted by Crippen LogP contribution is 2.37. The molecule has 0 aromatic carbocycles. The highest BCUT2D eigenvalue weighted by molar-refractivity contribution is 7.13. The van der Waals surface area contributed by atoms with Gasteiger partial charge in [0.05, 0.1) is 36.1 Å². The average molecular weight is 568 g/mol. The highest BCUT2D eigenvalue weighted by Gasteiger charge is 2.48. The van der Waals surface area contributed by atoms with Gasteiger partial charge in [-0.1, -0.05) is 0 Å². The molecule has 3 aromatic heterocycles. The van der Waals surface area contributed by atoms with E-state index in [-0.39, 0.29) is 6.09 Å². The van der Waals surface area contributed by atoms with Gasteiger partial charge in [0.1, 0.15) is 5.82 Å². The Morgan fingerprint density at radius 1 is 1.05 bits per heavy atom. The predicted molar refractivity (Wildman–Crippen MR) is 152 cm³/mol. The summed E-state index contributed by atoms with van der Waals surface area (Å²) in [4.78, 5) is 27.2. The Bertz CT molecular complexity index is 1360. The summed E-state index contributed by atoms with van der Waals surface area (Å²) in [6.45, 7) is 5.34. The maximum absolute atomic E-state index is 12.0. The standard InChI is InChI=1S/C27H37N9O3S/c1-16-23-24(29-17-3-5-19(6-4-17)34-14-22-11-21(34)15-35(22)27(37)38-2)31-26(32-25(23)40-33-16)30-18-12-28-36(13-18)20-7-9-39-10-8-20/h12-13,17,19-22H,3-11,14-15H2,1-2H3,(H2,29,30,31,32)/t17?,19?,21-,22-/m1/s1. The van der Waals surface area contributed by atoms with E-state index in [1.807, 2.05) is 28.9 Å². The number of hydrogen-bond donors (Lipinski definition) is 2. The largest absolute Gasteiger partial charge is 0.453 e. The zero-order chi connectivity index (χ0) is 27.2. The molecular weight excluding hydrogens is 530 g/mol. The number of aromatic nitrogens is 5. The van der Waals surface area contributed by atoms with E-state index in [1.165, 1.54) is 18.6 Å². The van der Waals surface area contributed by atoms with Crippen molar-refractivity contribution < 1.29 is 14.3 Å². The number of carbonyl (C=O) groups is 1. The van der Waals surface area contributed by atoms with Crippen molar-refractivity contribution in [3.05, 3.63) is 18.1 Å². The van der Waals surface area contributed by atoms with E-state index in [0.29, 0.717) is 36.2 Å². The zero-order valence-electron chi connectivity index (χ0n) is 23.1. The number of nitrogens with zero attached hydrogens (tertiary/aromatic N) is 7. The van der Waals surface area contributed by atoms with Crippen LogP contribution in [0.3, 0.4) is 0 Å². The molecule has 13 heteroatoms. The van der Waals surface area contributed by atoms with Crippen LogP contribution in [-0.2, 0) is 9.47 Å². The van der Waals surface area contributed by atoms with Crippen molar-refractivity contribution in [1.29, 1.82) is 0 Å². The fourth-order valence-corrected chi connectivity index (χ4v) is 7.84. The van der Waals surface area contributed by atoms with Gasteiger partial charge in [-0.3, -0.25) is 9.58 Å². The summed E-state index contributed by atoms with van der Waals surface area (Å²) in [5, 5.41) is 12.7. The Kier molecular flexibility index (Phi) is 6.96. The van der Waals surface area contributed by atoms with Crippen LogP contribution in [0.5, 0.6) is 0 Å². The molecule has 12 nitrogen and oxygen atoms in total. The number of aryl methyl sites for hydroxylation is 1. The molecule has 1 saturated carbocycles. The molecule has 4 aliphatic rings. The average Bonchev–Trinajstić information content (AvgIpc) is 3.78. The van der Waals surface area contributed by atoms with E-state index < -0.39 is 0 Å². The van der Waals surface area contributed by atoms with Crippen LogP contribution in [0.1, 0.15) is 56.7 Å². The van der Waals surface area contributed by atoms with Gasteiger partial charge < -0.3 is 25.0 Å². The van der Waals surface area contributed by atoms with E-state index in [0.717, 1.165) is 98.7 Å². The number of amides is 1. The van der Waals surface area contributed by atoms with Crippen molar-refractivity contribution >= 4 is 45.3 Å². The number of piperazine rings is 1. The molecule has 4 fully saturated rings. The molecule has 7 rings (SSSR count). The number of ether oxygens (including phenoxy) is 2. The van der Waals surface area contributed by atoms with Crippen molar-refractivity contribution in [2.24, 2.45) is 0 Å². The Balaban J connectivity index is 1.01. The zero-order valence-corrected chi connectivity index (χ0v) is 23.9. The lowest BCUT2D eigenvalue weighted by Crippen LogP contribution is -2.53. The number of hydrogen-bond acceptors (Lipinski definition) is 11. The van der Waals surface area contributed by atoms with Crippen molar-refractivity contribution in [3.8, 4) is 0 Å². The van der Waals surface area contributed by atoms with Gasteiger partial charge in [-0.2, -0.15) is 19.4 Å². The van der Waals surface area contributed by atoms with Crippen LogP contribution in [0.15, 0.2) is 12.4 Å². The fraction of sp³-hybridized carbons (Fsp3) is 0.667. The third-order valence-corrected chi connectivity index (χ3v) is 9.96. The number of methoxy groups -OCH3 is 1. The Morgan fingerprint density at radius 3 is 2.62 bits per heavy atom. The summed E-state index contributed by atoms with van der Waals surface area (Å²) in [6.07, 6.45) is 11.2. The first-order valence-electron chi connectivity index (χ1n) is 14.5. The first kappa shape index (κ1) is 25.9. The predicted octanol–water partition coefficient (Wildman–Crippen LogP) is 3.93. The molecule has 40 heavy (non-hydrogen) atoms. The number of anilines is 3. The van der Waals surface area contributed by atoms with Gasteiger partial charge in [-0.25, -0.2) is 4.79 Å². The molecule has 2 bridgehead atoms. The van der Waals surface area contributed by atoms with Crippen LogP contribution < -0.4 is 10.6 Å². The molecule has 3 saturated heterocycles. The second-order valence-corrected chi connectivity index (χ2v) is 12.3. The molecule has 0 radical (unpaired) electrons. The van der Waals surface area contributed by atoms with Crippen LogP contribution in [0.25, 0.3) is 10.2 Å². The summed E-state index contributed by atoms with van der Waals surface area (Å²) in [5.41, 5.74) is 1.84. The topological polar surface area (TPSA) is 123 Å². The van der Waals surface area contributed by atoms with E-state index in [4.69, 9.17) is 19.4 Å². The third-order valence-electron chi connectivity index (χ3n) is 9.13. The molecule has 2 atom stereocenters. The van der Waals surface area contributed by atoms with E-state index in [2.05, 4.69) is 25.0 Å². The Labute approximate surface area is 237 Å². The summed E-state index contributed by atoms with van der Waals surface area (Å²) >= 11 is 1.41. The molecule has 2 N–H and O–H groups in total. The molecule has 1 amide bonds. The SMILES string of the molecule is COC(=O)N1C[C@H]2C[C@@H]1CN2C1CCC(Nc2nc(Nc3cnn(C4CCOCC4)c3)nc3snc(C)c23)CC1. The lowest BCUT2D eigenvalue weighted by molar-refractivity contribution is 0.0615. The minimum absolute atomic E-state index is 0.184. The highest BCUT2D eigenvalue weighted by atomic mass is 32.1. The maximum Gasteiger partial charge on any atom is 0.409 e. The minimum Gasteiger partial charge on any atom is -0.453 e. The van der Waals surface area contributed by atoms with Gasteiger partial charge in [0, 0.05) is 56.7 Å². The van der Waals surface area contributed by atoms with E-state index in [1.54, 1.807) is 0 Å². The smallest absolute Gasteiger partial charge is 0.409 e. The van der Waals surface area contributed by atoms with Crippen LogP contribution in [0.4, 0.5) is 22.2 Å². The van der Waals surface area contributed by atoms with Crippen molar-refractivity contribution in [1.82, 2.24) is 33.9 Å². The number of fused-ring (bicyclic) bond motifs is 3. The monoisotopic (exact) mass is 567 g/mol. The first-order chi connectivity index (χ1) is 19.6. The summed E-state index contributed by atoms with van der Waals surface area (Å²) in [7, 11) is 1.47. The van der Waals surface area contributed by atoms with Gasteiger partial charge in [0.2, 0.25) is 5.95 Å². The van der Waals surface area contributed by atoms with Crippen molar-refractivity contribution in [2.45, 2.75) is 82.1 Å². The lowest BCUT2D eigenvalue weighted by atomic mass is 9.89. The molecule has 0 unspecified atom stereocenters. The normalized spacial score (nSPS) is 27.4. The van der Waals surface area contributed by atoms with E-state index >= 15 is 0 Å². The van der Waals surface area contributed by atoms with Crippen LogP contribution in [0, 0.1) is 6.92 Å². The molecular formula is C27H37N9O3S. The number of likely N-dealkylation sites (tertiary alicyclic amines) is 2. The molecule has 3 aromatic rings. The Hall–Kier alpha value is -3.03. The van der Waals surface area contributed by atoms with Gasteiger partial charge in [0.25, 0.3) is 0 Å². The second kappa shape index (κ2) is 10.7. The minimum atomic E-state index is -0.184. The summed E-state index contributed by atoms with van der Waals surface area (Å²) < 4.78 is 17.1.